The van der Waals surface area contributed by atoms with Crippen LogP contribution in [-0.4, -0.2) is 51.0 Å². The van der Waals surface area contributed by atoms with E-state index in [4.69, 9.17) is 10.2 Å². The van der Waals surface area contributed by atoms with Gasteiger partial charge < -0.3 is 14.9 Å². The molecule has 1 unspecified atom stereocenters. The highest BCUT2D eigenvalue weighted by Crippen LogP contribution is 2.22. The van der Waals surface area contributed by atoms with Crippen molar-refractivity contribution in [3.63, 3.8) is 0 Å². The van der Waals surface area contributed by atoms with Crippen LogP contribution in [0.5, 0.6) is 0 Å². The first-order valence-corrected chi connectivity index (χ1v) is 7.23. The van der Waals surface area contributed by atoms with Crippen molar-refractivity contribution in [2.75, 3.05) is 20.3 Å². The number of carbonyl (C=O) groups excluding carboxylic acids is 1. The molecule has 1 aromatic heterocycles. The minimum Gasteiger partial charge on any atom is -0.465 e. The van der Waals surface area contributed by atoms with Crippen LogP contribution in [-0.2, 0) is 14.8 Å². The van der Waals surface area contributed by atoms with Gasteiger partial charge in [-0.1, -0.05) is 0 Å². The molecule has 102 valence electrons. The van der Waals surface area contributed by atoms with E-state index in [1.807, 2.05) is 0 Å². The Kier molecular flexibility index (Phi) is 5.23. The molecule has 1 atom stereocenters. The van der Waals surface area contributed by atoms with Crippen molar-refractivity contribution < 1.29 is 28.2 Å². The number of hydrogen-bond acceptors (Lipinski definition) is 7. The Labute approximate surface area is 108 Å². The highest BCUT2D eigenvalue weighted by Gasteiger charge is 2.24. The molecule has 9 heteroatoms. The summed E-state index contributed by atoms with van der Waals surface area (Å²) in [5, 5.41) is 19.1. The summed E-state index contributed by atoms with van der Waals surface area (Å²) in [6.07, 6.45) is -1.19. The molecule has 1 heterocycles. The van der Waals surface area contributed by atoms with E-state index in [0.29, 0.717) is 0 Å². The van der Waals surface area contributed by atoms with Crippen molar-refractivity contribution in [2.45, 2.75) is 11.0 Å². The van der Waals surface area contributed by atoms with Crippen LogP contribution in [0.15, 0.2) is 16.3 Å². The summed E-state index contributed by atoms with van der Waals surface area (Å²) < 4.78 is 30.3. The second-order valence-electron chi connectivity index (χ2n) is 3.29. The summed E-state index contributed by atoms with van der Waals surface area (Å²) in [6, 6.07) is 1.27. The van der Waals surface area contributed by atoms with Gasteiger partial charge in [-0.3, -0.25) is 0 Å². The predicted molar refractivity (Wildman–Crippen MR) is 63.9 cm³/mol. The Morgan fingerprint density at radius 1 is 1.61 bits per heavy atom. The maximum atomic E-state index is 11.8. The van der Waals surface area contributed by atoms with Crippen LogP contribution in [0.3, 0.4) is 0 Å². The standard InChI is InChI=1S/C9H13NO6S2/c1-16-9(13)8-7(2-3-17-8)18(14,15)10-4-6(12)5-11/h2-3,6,10-12H,4-5H2,1H3. The number of aliphatic hydroxyl groups is 2. The Morgan fingerprint density at radius 3 is 2.83 bits per heavy atom. The van der Waals surface area contributed by atoms with Gasteiger partial charge in [-0.25, -0.2) is 17.9 Å². The highest BCUT2D eigenvalue weighted by atomic mass is 32.2. The first kappa shape index (κ1) is 15.1. The van der Waals surface area contributed by atoms with Crippen molar-refractivity contribution >= 4 is 27.3 Å². The Hall–Kier alpha value is -1.00. The van der Waals surface area contributed by atoms with Crippen LogP contribution < -0.4 is 4.72 Å². The number of thiophene rings is 1. The zero-order valence-electron chi connectivity index (χ0n) is 9.49. The predicted octanol–water partition coefficient (Wildman–Crippen LogP) is -0.834. The maximum absolute atomic E-state index is 11.8. The van der Waals surface area contributed by atoms with Crippen LogP contribution in [0.1, 0.15) is 9.67 Å². The van der Waals surface area contributed by atoms with E-state index >= 15 is 0 Å². The number of aliphatic hydroxyl groups excluding tert-OH is 2. The normalized spacial score (nSPS) is 13.3. The fourth-order valence-electron chi connectivity index (χ4n) is 1.10. The molecule has 0 saturated heterocycles. The van der Waals surface area contributed by atoms with Crippen molar-refractivity contribution in [2.24, 2.45) is 0 Å². The van der Waals surface area contributed by atoms with Crippen molar-refractivity contribution in [3.05, 3.63) is 16.3 Å². The molecule has 0 spiro atoms. The van der Waals surface area contributed by atoms with E-state index in [2.05, 4.69) is 9.46 Å². The topological polar surface area (TPSA) is 113 Å². The van der Waals surface area contributed by atoms with Gasteiger partial charge in [-0.05, 0) is 11.4 Å². The molecule has 0 aliphatic rings. The third kappa shape index (κ3) is 3.50. The van der Waals surface area contributed by atoms with Gasteiger partial charge in [0.05, 0.1) is 19.8 Å². The monoisotopic (exact) mass is 295 g/mol. The SMILES string of the molecule is COC(=O)c1sccc1S(=O)(=O)NCC(O)CO. The van der Waals surface area contributed by atoms with E-state index in [9.17, 15) is 13.2 Å². The number of methoxy groups -OCH3 is 1. The van der Waals surface area contributed by atoms with Gasteiger partial charge in [0.2, 0.25) is 10.0 Å². The van der Waals surface area contributed by atoms with E-state index in [1.54, 1.807) is 0 Å². The molecule has 1 aromatic rings. The van der Waals surface area contributed by atoms with Gasteiger partial charge in [0, 0.05) is 6.54 Å². The van der Waals surface area contributed by atoms with Gasteiger partial charge in [0.25, 0.3) is 0 Å². The first-order valence-electron chi connectivity index (χ1n) is 4.86. The molecule has 0 fully saturated rings. The number of rotatable bonds is 6. The number of nitrogens with one attached hydrogen (secondary N) is 1. The molecule has 0 radical (unpaired) electrons. The third-order valence-electron chi connectivity index (χ3n) is 2.01. The molecule has 7 nitrogen and oxygen atoms in total. The van der Waals surface area contributed by atoms with Crippen LogP contribution in [0, 0.1) is 0 Å². The lowest BCUT2D eigenvalue weighted by Gasteiger charge is -2.09. The quantitative estimate of drug-likeness (QED) is 0.590. The molecule has 3 N–H and O–H groups in total. The first-order chi connectivity index (χ1) is 8.42. The van der Waals surface area contributed by atoms with E-state index in [1.165, 1.54) is 11.4 Å². The van der Waals surface area contributed by atoms with E-state index in [-0.39, 0.29) is 16.3 Å². The number of ether oxygens (including phenoxy) is 1. The second-order valence-corrected chi connectivity index (χ2v) is 5.95. The molecular formula is C9H13NO6S2. The van der Waals surface area contributed by atoms with Gasteiger partial charge in [-0.15, -0.1) is 11.3 Å². The van der Waals surface area contributed by atoms with Crippen LogP contribution in [0.25, 0.3) is 0 Å². The number of sulfonamides is 1. The fraction of sp³-hybridized carbons (Fsp3) is 0.444. The maximum Gasteiger partial charge on any atom is 0.349 e. The lowest BCUT2D eigenvalue weighted by Crippen LogP contribution is -2.34. The van der Waals surface area contributed by atoms with Gasteiger partial charge >= 0.3 is 5.97 Å². The van der Waals surface area contributed by atoms with Crippen LogP contribution in [0.4, 0.5) is 0 Å². The van der Waals surface area contributed by atoms with E-state index < -0.39 is 28.7 Å². The smallest absolute Gasteiger partial charge is 0.349 e. The largest absolute Gasteiger partial charge is 0.465 e. The molecule has 0 aliphatic carbocycles. The summed E-state index contributed by atoms with van der Waals surface area (Å²) >= 11 is 0.944. The highest BCUT2D eigenvalue weighted by molar-refractivity contribution is 7.89. The van der Waals surface area contributed by atoms with E-state index in [0.717, 1.165) is 18.4 Å². The Bertz CT molecular complexity index is 509. The number of esters is 1. The lowest BCUT2D eigenvalue weighted by molar-refractivity contribution is 0.0602. The van der Waals surface area contributed by atoms with Crippen LogP contribution in [0.2, 0.25) is 0 Å². The molecule has 18 heavy (non-hydrogen) atoms. The molecule has 0 saturated carbocycles. The number of hydrogen-bond donors (Lipinski definition) is 3. The molecule has 0 aliphatic heterocycles. The van der Waals surface area contributed by atoms with Gasteiger partial charge in [-0.2, -0.15) is 0 Å². The fourth-order valence-corrected chi connectivity index (χ4v) is 3.50. The molecule has 0 amide bonds. The summed E-state index contributed by atoms with van der Waals surface area (Å²) in [5.41, 5.74) is 0. The molecule has 1 rings (SSSR count). The molecule has 0 aromatic carbocycles. The summed E-state index contributed by atoms with van der Waals surface area (Å²) in [5.74, 6) is -0.743. The second kappa shape index (κ2) is 6.25. The Morgan fingerprint density at radius 2 is 2.28 bits per heavy atom. The zero-order valence-corrected chi connectivity index (χ0v) is 11.1. The number of carbonyl (C=O) groups is 1. The Balaban J connectivity index is 2.92. The van der Waals surface area contributed by atoms with Crippen LogP contribution >= 0.6 is 11.3 Å². The minimum absolute atomic E-state index is 0.0384. The lowest BCUT2D eigenvalue weighted by atomic mass is 10.4. The average molecular weight is 295 g/mol. The molecular weight excluding hydrogens is 282 g/mol. The molecule has 0 bridgehead atoms. The van der Waals surface area contributed by atoms with Crippen molar-refractivity contribution in [3.8, 4) is 0 Å². The summed E-state index contributed by atoms with van der Waals surface area (Å²) in [7, 11) is -2.77. The van der Waals surface area contributed by atoms with Crippen molar-refractivity contribution in [1.29, 1.82) is 0 Å². The third-order valence-corrected chi connectivity index (χ3v) is 4.50. The summed E-state index contributed by atoms with van der Waals surface area (Å²) in [4.78, 5) is 11.1. The summed E-state index contributed by atoms with van der Waals surface area (Å²) in [6.45, 7) is -0.898. The van der Waals surface area contributed by atoms with Gasteiger partial charge in [0.15, 0.2) is 0 Å². The average Bonchev–Trinajstić information content (AvgIpc) is 2.85. The zero-order chi connectivity index (χ0) is 13.8. The minimum atomic E-state index is -3.92. The van der Waals surface area contributed by atoms with Crippen molar-refractivity contribution in [1.82, 2.24) is 4.72 Å². The van der Waals surface area contributed by atoms with Gasteiger partial charge in [0.1, 0.15) is 9.77 Å².